The first-order valence-corrected chi connectivity index (χ1v) is 10.4. The highest BCUT2D eigenvalue weighted by atomic mass is 15.0. The van der Waals surface area contributed by atoms with Crippen molar-refractivity contribution in [1.82, 2.24) is 4.57 Å². The van der Waals surface area contributed by atoms with Crippen LogP contribution in [0.15, 0.2) is 94.2 Å². The van der Waals surface area contributed by atoms with Crippen molar-refractivity contribution in [2.24, 2.45) is 15.9 Å². The Morgan fingerprint density at radius 2 is 1.28 bits per heavy atom. The summed E-state index contributed by atoms with van der Waals surface area (Å²) in [5, 5.41) is 21.3. The maximum absolute atomic E-state index is 9.49. The molecule has 0 saturated heterocycles. The van der Waals surface area contributed by atoms with Gasteiger partial charge in [-0.3, -0.25) is 0 Å². The number of fused-ring (bicyclic) bond motifs is 3. The average molecular weight is 413 g/mol. The summed E-state index contributed by atoms with van der Waals surface area (Å²) in [6, 6.07) is 29.0. The van der Waals surface area contributed by atoms with Crippen molar-refractivity contribution in [2.75, 3.05) is 0 Å². The Kier molecular flexibility index (Phi) is 4.66. The maximum Gasteiger partial charge on any atom is 0.177 e. The Hall–Kier alpha value is -4.48. The molecule has 0 amide bonds. The minimum Gasteiger partial charge on any atom is -0.309 e. The zero-order valence-electron chi connectivity index (χ0n) is 17.7. The summed E-state index contributed by atoms with van der Waals surface area (Å²) in [5.74, 6) is -0.108. The van der Waals surface area contributed by atoms with Crippen molar-refractivity contribution in [3.8, 4) is 17.8 Å². The molecule has 1 aromatic heterocycles. The molecule has 5 rings (SSSR count). The fraction of sp³-hybridized carbons (Fsp3) is 0.111. The molecule has 3 aromatic carbocycles. The van der Waals surface area contributed by atoms with E-state index in [4.69, 9.17) is 0 Å². The molecule has 5 heteroatoms. The number of aliphatic imine (C=N–C) groups is 2. The zero-order valence-corrected chi connectivity index (χ0v) is 17.7. The molecule has 0 spiro atoms. The summed E-state index contributed by atoms with van der Waals surface area (Å²) < 4.78 is 2.26. The summed E-state index contributed by atoms with van der Waals surface area (Å²) in [4.78, 5) is 8.86. The second kappa shape index (κ2) is 7.65. The molecule has 0 N–H and O–H groups in total. The normalized spacial score (nSPS) is 16.3. The van der Waals surface area contributed by atoms with Gasteiger partial charge in [0.05, 0.1) is 16.7 Å². The third-order valence-electron chi connectivity index (χ3n) is 5.99. The van der Waals surface area contributed by atoms with Crippen molar-refractivity contribution in [3.05, 3.63) is 89.8 Å². The Morgan fingerprint density at radius 1 is 0.750 bits per heavy atom. The Morgan fingerprint density at radius 3 is 1.84 bits per heavy atom. The standard InChI is InChI=1S/C27H19N5/c1-17-18(2)30-23(15-28)24(16-29)31-27(17)19-11-13-20(14-12-19)32-25-9-5-3-7-21(25)22-8-4-6-10-26(22)32/h3-14,17H,1-2H3. The summed E-state index contributed by atoms with van der Waals surface area (Å²) in [7, 11) is 0. The van der Waals surface area contributed by atoms with Crippen LogP contribution in [0, 0.1) is 28.6 Å². The molecule has 0 saturated carbocycles. The van der Waals surface area contributed by atoms with Gasteiger partial charge in [-0.1, -0.05) is 55.5 Å². The highest BCUT2D eigenvalue weighted by Gasteiger charge is 2.22. The van der Waals surface area contributed by atoms with E-state index in [1.165, 1.54) is 10.8 Å². The highest BCUT2D eigenvalue weighted by Crippen LogP contribution is 2.32. The molecule has 1 unspecified atom stereocenters. The van der Waals surface area contributed by atoms with E-state index in [1.54, 1.807) is 0 Å². The molecule has 1 aliphatic heterocycles. The predicted octanol–water partition coefficient (Wildman–Crippen LogP) is 5.94. The van der Waals surface area contributed by atoms with Crippen LogP contribution in [-0.2, 0) is 0 Å². The highest BCUT2D eigenvalue weighted by molar-refractivity contribution is 6.15. The van der Waals surface area contributed by atoms with E-state index in [0.717, 1.165) is 33.7 Å². The van der Waals surface area contributed by atoms with Gasteiger partial charge < -0.3 is 4.57 Å². The van der Waals surface area contributed by atoms with E-state index in [2.05, 4.69) is 75.2 Å². The van der Waals surface area contributed by atoms with E-state index in [0.29, 0.717) is 0 Å². The zero-order chi connectivity index (χ0) is 22.2. The minimum absolute atomic E-state index is 0.0534. The largest absolute Gasteiger partial charge is 0.309 e. The molecule has 0 aliphatic carbocycles. The van der Waals surface area contributed by atoms with Gasteiger partial charge in [0.1, 0.15) is 12.1 Å². The average Bonchev–Trinajstić information content (AvgIpc) is 3.11. The molecule has 1 aliphatic rings. The lowest BCUT2D eigenvalue weighted by atomic mass is 9.94. The fourth-order valence-electron chi connectivity index (χ4n) is 4.25. The molecule has 0 radical (unpaired) electrons. The van der Waals surface area contributed by atoms with Crippen LogP contribution in [-0.4, -0.2) is 16.0 Å². The number of rotatable bonds is 2. The number of aromatic nitrogens is 1. The molecule has 152 valence electrons. The molecular weight excluding hydrogens is 394 g/mol. The van der Waals surface area contributed by atoms with E-state index in [9.17, 15) is 10.5 Å². The first-order chi connectivity index (χ1) is 15.6. The third-order valence-corrected chi connectivity index (χ3v) is 5.99. The van der Waals surface area contributed by atoms with Crippen molar-refractivity contribution in [1.29, 1.82) is 10.5 Å². The fourth-order valence-corrected chi connectivity index (χ4v) is 4.25. The lowest BCUT2D eigenvalue weighted by Gasteiger charge is -2.14. The molecule has 5 nitrogen and oxygen atoms in total. The van der Waals surface area contributed by atoms with Crippen LogP contribution in [0.5, 0.6) is 0 Å². The van der Waals surface area contributed by atoms with Gasteiger partial charge in [-0.05, 0) is 36.8 Å². The number of para-hydroxylation sites is 2. The number of nitriles is 2. The molecular formula is C27H19N5. The third kappa shape index (κ3) is 3.00. The van der Waals surface area contributed by atoms with Gasteiger partial charge in [0.15, 0.2) is 11.4 Å². The lowest BCUT2D eigenvalue weighted by molar-refractivity contribution is 1.04. The number of benzene rings is 3. The van der Waals surface area contributed by atoms with Crippen LogP contribution in [0.4, 0.5) is 0 Å². The molecule has 0 bridgehead atoms. The van der Waals surface area contributed by atoms with Gasteiger partial charge in [0.2, 0.25) is 0 Å². The number of allylic oxidation sites excluding steroid dienone is 2. The molecule has 1 atom stereocenters. The minimum atomic E-state index is -0.108. The van der Waals surface area contributed by atoms with E-state index < -0.39 is 0 Å². The van der Waals surface area contributed by atoms with Crippen LogP contribution in [0.25, 0.3) is 27.5 Å². The monoisotopic (exact) mass is 413 g/mol. The molecule has 2 heterocycles. The second-order valence-electron chi connectivity index (χ2n) is 7.81. The smallest absolute Gasteiger partial charge is 0.177 e. The first-order valence-electron chi connectivity index (χ1n) is 10.4. The number of hydrogen-bond donors (Lipinski definition) is 0. The van der Waals surface area contributed by atoms with Gasteiger partial charge in [-0.2, -0.15) is 10.5 Å². The van der Waals surface area contributed by atoms with Gasteiger partial charge in [0.25, 0.3) is 0 Å². The summed E-state index contributed by atoms with van der Waals surface area (Å²) >= 11 is 0. The number of nitrogens with zero attached hydrogens (tertiary/aromatic N) is 5. The quantitative estimate of drug-likeness (QED) is 0.407. The first kappa shape index (κ1) is 19.5. The van der Waals surface area contributed by atoms with Crippen molar-refractivity contribution < 1.29 is 0 Å². The van der Waals surface area contributed by atoms with Crippen molar-refractivity contribution >= 4 is 33.2 Å². The van der Waals surface area contributed by atoms with Crippen LogP contribution < -0.4 is 0 Å². The van der Waals surface area contributed by atoms with Crippen LogP contribution in [0.3, 0.4) is 0 Å². The van der Waals surface area contributed by atoms with Gasteiger partial charge >= 0.3 is 0 Å². The summed E-state index contributed by atoms with van der Waals surface area (Å²) in [6.07, 6.45) is 0. The van der Waals surface area contributed by atoms with Crippen LogP contribution >= 0.6 is 0 Å². The van der Waals surface area contributed by atoms with Gasteiger partial charge in [-0.15, -0.1) is 0 Å². The Balaban J connectivity index is 1.66. The van der Waals surface area contributed by atoms with Crippen LogP contribution in [0.2, 0.25) is 0 Å². The Bertz CT molecular complexity index is 1500. The van der Waals surface area contributed by atoms with Gasteiger partial charge in [0, 0.05) is 28.1 Å². The molecule has 32 heavy (non-hydrogen) atoms. The second-order valence-corrected chi connectivity index (χ2v) is 7.81. The SMILES string of the molecule is CC1=NC(C#N)=C(C#N)N=C(c2ccc(-n3c4ccccc4c4ccccc43)cc2)C1C. The van der Waals surface area contributed by atoms with E-state index >= 15 is 0 Å². The Labute approximate surface area is 185 Å². The predicted molar refractivity (Wildman–Crippen MR) is 128 cm³/mol. The molecule has 0 fully saturated rings. The van der Waals surface area contributed by atoms with Crippen molar-refractivity contribution in [3.63, 3.8) is 0 Å². The van der Waals surface area contributed by atoms with Crippen LogP contribution in [0.1, 0.15) is 19.4 Å². The summed E-state index contributed by atoms with van der Waals surface area (Å²) in [5.41, 5.74) is 5.87. The van der Waals surface area contributed by atoms with Crippen molar-refractivity contribution in [2.45, 2.75) is 13.8 Å². The van der Waals surface area contributed by atoms with Gasteiger partial charge in [-0.25, -0.2) is 9.98 Å². The van der Waals surface area contributed by atoms with E-state index in [-0.39, 0.29) is 17.3 Å². The maximum atomic E-state index is 9.49. The van der Waals surface area contributed by atoms with E-state index in [1.807, 2.05) is 38.1 Å². The lowest BCUT2D eigenvalue weighted by Crippen LogP contribution is -2.19. The molecule has 4 aromatic rings. The number of hydrogen-bond acceptors (Lipinski definition) is 4. The summed E-state index contributed by atoms with van der Waals surface area (Å²) in [6.45, 7) is 3.86. The topological polar surface area (TPSA) is 77.2 Å².